The molecule has 4 aromatic rings. The molecule has 5 rings (SSSR count). The topological polar surface area (TPSA) is 98.2 Å². The van der Waals surface area contributed by atoms with Crippen molar-refractivity contribution in [2.24, 2.45) is 0 Å². The Morgan fingerprint density at radius 2 is 2.03 bits per heavy atom. The molecule has 0 saturated carbocycles. The average molecular weight is 531 g/mol. The summed E-state index contributed by atoms with van der Waals surface area (Å²) in [5.41, 5.74) is 3.16. The number of nitrogens with one attached hydrogen (secondary N) is 1. The van der Waals surface area contributed by atoms with Crippen LogP contribution in [-0.2, 0) is 23.2 Å². The fourth-order valence-electron chi connectivity index (χ4n) is 5.35. The van der Waals surface area contributed by atoms with Gasteiger partial charge >= 0.3 is 0 Å². The zero-order valence-corrected chi connectivity index (χ0v) is 23.5. The highest BCUT2D eigenvalue weighted by Crippen LogP contribution is 2.32. The second-order valence-corrected chi connectivity index (χ2v) is 11.3. The van der Waals surface area contributed by atoms with E-state index in [2.05, 4.69) is 71.3 Å². The van der Waals surface area contributed by atoms with E-state index in [0.29, 0.717) is 24.5 Å². The molecule has 0 spiro atoms. The summed E-state index contributed by atoms with van der Waals surface area (Å²) in [5.74, 6) is 1.41. The number of ether oxygens (including phenoxy) is 2. The normalized spacial score (nSPS) is 16.7. The predicted molar refractivity (Wildman–Crippen MR) is 151 cm³/mol. The Kier molecular flexibility index (Phi) is 7.81. The van der Waals surface area contributed by atoms with Crippen molar-refractivity contribution in [1.82, 2.24) is 30.1 Å². The minimum Gasteiger partial charge on any atom is -0.497 e. The fourth-order valence-corrected chi connectivity index (χ4v) is 5.35. The minimum absolute atomic E-state index is 0.0586. The number of tetrazole rings is 1. The molecule has 1 saturated heterocycles. The van der Waals surface area contributed by atoms with E-state index in [1.807, 2.05) is 35.0 Å². The number of rotatable bonds is 9. The lowest BCUT2D eigenvalue weighted by molar-refractivity contribution is 0.0564. The smallest absolute Gasteiger partial charge is 0.253 e. The number of hydrogen-bond donors (Lipinski definition) is 1. The second-order valence-electron chi connectivity index (χ2n) is 11.3. The Balaban J connectivity index is 1.70. The Morgan fingerprint density at radius 1 is 1.18 bits per heavy atom. The largest absolute Gasteiger partial charge is 0.497 e. The summed E-state index contributed by atoms with van der Waals surface area (Å²) in [7, 11) is 1.67. The lowest BCUT2D eigenvalue weighted by Crippen LogP contribution is -2.40. The van der Waals surface area contributed by atoms with Gasteiger partial charge < -0.3 is 14.5 Å². The van der Waals surface area contributed by atoms with Crippen molar-refractivity contribution in [3.05, 3.63) is 81.4 Å². The van der Waals surface area contributed by atoms with Crippen molar-refractivity contribution in [2.45, 2.75) is 71.2 Å². The molecule has 2 aromatic carbocycles. The number of aryl methyl sites for hydroxylation is 1. The summed E-state index contributed by atoms with van der Waals surface area (Å²) in [6.07, 6.45) is 2.97. The van der Waals surface area contributed by atoms with E-state index in [-0.39, 0.29) is 17.2 Å². The van der Waals surface area contributed by atoms with Gasteiger partial charge in [-0.15, -0.1) is 5.10 Å². The van der Waals surface area contributed by atoms with Crippen LogP contribution >= 0.6 is 0 Å². The van der Waals surface area contributed by atoms with Crippen LogP contribution in [0.4, 0.5) is 0 Å². The zero-order chi connectivity index (χ0) is 27.6. The Labute approximate surface area is 229 Å². The fraction of sp³-hybridized carbons (Fsp3) is 0.467. The molecule has 0 unspecified atom stereocenters. The number of benzene rings is 2. The van der Waals surface area contributed by atoms with Crippen LogP contribution < -0.4 is 10.3 Å². The number of methoxy groups -OCH3 is 1. The molecule has 1 aliphatic heterocycles. The Morgan fingerprint density at radius 3 is 2.74 bits per heavy atom. The lowest BCUT2D eigenvalue weighted by Gasteiger charge is -2.34. The molecule has 2 atom stereocenters. The van der Waals surface area contributed by atoms with Gasteiger partial charge in [-0.3, -0.25) is 9.69 Å². The number of hydrogen-bond acceptors (Lipinski definition) is 7. The monoisotopic (exact) mass is 530 g/mol. The molecule has 0 radical (unpaired) electrons. The van der Waals surface area contributed by atoms with Gasteiger partial charge in [0.1, 0.15) is 11.8 Å². The maximum absolute atomic E-state index is 13.8. The third-order valence-electron chi connectivity index (χ3n) is 7.36. The molecule has 0 bridgehead atoms. The average Bonchev–Trinajstić information content (AvgIpc) is 3.61. The van der Waals surface area contributed by atoms with Gasteiger partial charge in [-0.25, -0.2) is 4.68 Å². The predicted octanol–water partition coefficient (Wildman–Crippen LogP) is 4.61. The van der Waals surface area contributed by atoms with Crippen LogP contribution in [0, 0.1) is 0 Å². The maximum Gasteiger partial charge on any atom is 0.253 e. The highest BCUT2D eigenvalue weighted by atomic mass is 16.5. The standard InChI is InChI=1S/C30H38N6O3/c1-6-20-12-13-26-22(15-20)17-25(29(37)31-26)27(28-32-33-34-36(28)30(2,3)4)35(19-24-11-8-14-39-24)18-21-9-7-10-23(16-21)38-5/h7,9-10,12-13,15-17,24,27H,6,8,11,14,18-19H2,1-5H3,(H,31,37)/t24-,27-/m0/s1. The molecular formula is C30H38N6O3. The minimum atomic E-state index is -0.506. The first kappa shape index (κ1) is 27.0. The summed E-state index contributed by atoms with van der Waals surface area (Å²) < 4.78 is 13.4. The number of aromatic nitrogens is 5. The third kappa shape index (κ3) is 5.89. The third-order valence-corrected chi connectivity index (χ3v) is 7.36. The van der Waals surface area contributed by atoms with Gasteiger partial charge in [-0.05, 0) is 97.3 Å². The summed E-state index contributed by atoms with van der Waals surface area (Å²) in [6, 6.07) is 15.7. The second kappa shape index (κ2) is 11.3. The van der Waals surface area contributed by atoms with Crippen LogP contribution in [0.1, 0.15) is 69.1 Å². The molecule has 1 fully saturated rings. The van der Waals surface area contributed by atoms with Gasteiger partial charge in [0.15, 0.2) is 5.82 Å². The van der Waals surface area contributed by atoms with Crippen molar-refractivity contribution in [3.8, 4) is 5.75 Å². The molecule has 0 amide bonds. The van der Waals surface area contributed by atoms with E-state index in [0.717, 1.165) is 48.1 Å². The van der Waals surface area contributed by atoms with Crippen molar-refractivity contribution < 1.29 is 9.47 Å². The van der Waals surface area contributed by atoms with Crippen LogP contribution in [0.5, 0.6) is 5.75 Å². The number of H-pyrrole nitrogens is 1. The van der Waals surface area contributed by atoms with Crippen molar-refractivity contribution in [2.75, 3.05) is 20.3 Å². The van der Waals surface area contributed by atoms with E-state index in [4.69, 9.17) is 9.47 Å². The van der Waals surface area contributed by atoms with E-state index in [1.165, 1.54) is 5.56 Å². The number of pyridine rings is 1. The lowest BCUT2D eigenvalue weighted by atomic mass is 9.99. The van der Waals surface area contributed by atoms with Crippen molar-refractivity contribution in [1.29, 1.82) is 0 Å². The van der Waals surface area contributed by atoms with Gasteiger partial charge in [0.2, 0.25) is 0 Å². The molecule has 0 aliphatic carbocycles. The first-order chi connectivity index (χ1) is 18.8. The van der Waals surface area contributed by atoms with E-state index in [9.17, 15) is 4.79 Å². The van der Waals surface area contributed by atoms with Crippen molar-refractivity contribution >= 4 is 10.9 Å². The molecule has 9 nitrogen and oxygen atoms in total. The molecule has 2 aromatic heterocycles. The molecule has 9 heteroatoms. The first-order valence-electron chi connectivity index (χ1n) is 13.7. The van der Waals surface area contributed by atoms with E-state index in [1.54, 1.807) is 7.11 Å². The first-order valence-corrected chi connectivity index (χ1v) is 13.7. The van der Waals surface area contributed by atoms with Crippen LogP contribution in [0.15, 0.2) is 53.3 Å². The van der Waals surface area contributed by atoms with Crippen LogP contribution in [-0.4, -0.2) is 56.5 Å². The Bertz CT molecular complexity index is 1480. The van der Waals surface area contributed by atoms with Crippen LogP contribution in [0.3, 0.4) is 0 Å². The maximum atomic E-state index is 13.8. The molecule has 1 N–H and O–H groups in total. The van der Waals surface area contributed by atoms with E-state index < -0.39 is 6.04 Å². The van der Waals surface area contributed by atoms with Gasteiger partial charge in [-0.2, -0.15) is 0 Å². The SMILES string of the molecule is CCc1ccc2[nH]c(=O)c([C@@H](c3nnnn3C(C)(C)C)N(Cc3cccc(OC)c3)C[C@@H]3CCCO3)cc2c1. The molecular weight excluding hydrogens is 492 g/mol. The summed E-state index contributed by atoms with van der Waals surface area (Å²) >= 11 is 0. The number of fused-ring (bicyclic) bond motifs is 1. The number of nitrogens with zero attached hydrogens (tertiary/aromatic N) is 5. The number of aromatic amines is 1. The molecule has 3 heterocycles. The van der Waals surface area contributed by atoms with E-state index >= 15 is 0 Å². The Hall–Kier alpha value is -3.56. The quantitative estimate of drug-likeness (QED) is 0.337. The highest BCUT2D eigenvalue weighted by Gasteiger charge is 2.35. The zero-order valence-electron chi connectivity index (χ0n) is 23.5. The van der Waals surface area contributed by atoms with Gasteiger partial charge in [0.05, 0.1) is 18.8 Å². The van der Waals surface area contributed by atoms with Crippen LogP contribution in [0.2, 0.25) is 0 Å². The van der Waals surface area contributed by atoms with Gasteiger partial charge in [-0.1, -0.05) is 25.1 Å². The molecule has 1 aliphatic rings. The molecule has 206 valence electrons. The van der Waals surface area contributed by atoms with Gasteiger partial charge in [0.25, 0.3) is 5.56 Å². The highest BCUT2D eigenvalue weighted by molar-refractivity contribution is 5.80. The summed E-state index contributed by atoms with van der Waals surface area (Å²) in [5, 5.41) is 14.0. The van der Waals surface area contributed by atoms with Crippen molar-refractivity contribution in [3.63, 3.8) is 0 Å². The van der Waals surface area contributed by atoms with Gasteiger partial charge in [0, 0.05) is 30.8 Å². The molecule has 39 heavy (non-hydrogen) atoms. The summed E-state index contributed by atoms with van der Waals surface area (Å²) in [6.45, 7) is 10.3. The summed E-state index contributed by atoms with van der Waals surface area (Å²) in [4.78, 5) is 19.2. The van der Waals surface area contributed by atoms with Crippen LogP contribution in [0.25, 0.3) is 10.9 Å².